The van der Waals surface area contributed by atoms with Gasteiger partial charge in [-0.15, -0.1) is 0 Å². The van der Waals surface area contributed by atoms with Gasteiger partial charge in [-0.1, -0.05) is 12.1 Å². The second-order valence-corrected chi connectivity index (χ2v) is 5.70. The van der Waals surface area contributed by atoms with Gasteiger partial charge in [0.05, 0.1) is 5.75 Å². The van der Waals surface area contributed by atoms with E-state index in [0.29, 0.717) is 6.04 Å². The van der Waals surface area contributed by atoms with Gasteiger partial charge < -0.3 is 9.84 Å². The maximum absolute atomic E-state index is 5.29. The third kappa shape index (κ3) is 4.00. The molecule has 4 nitrogen and oxygen atoms in total. The fourth-order valence-corrected chi connectivity index (χ4v) is 2.66. The molecule has 1 aromatic heterocycles. The van der Waals surface area contributed by atoms with Crippen molar-refractivity contribution < 1.29 is 4.52 Å². The Balaban J connectivity index is 1.80. The largest absolute Gasteiger partial charge is 0.339 e. The van der Waals surface area contributed by atoms with E-state index in [0.717, 1.165) is 35.6 Å². The van der Waals surface area contributed by atoms with Crippen LogP contribution in [0.2, 0.25) is 0 Å². The quantitative estimate of drug-likeness (QED) is 0.722. The Morgan fingerprint density at radius 1 is 1.53 bits per heavy atom. The maximum atomic E-state index is 5.29. The van der Waals surface area contributed by atoms with Gasteiger partial charge in [0.1, 0.15) is 0 Å². The number of rotatable bonds is 8. The van der Waals surface area contributed by atoms with Crippen LogP contribution in [-0.2, 0) is 12.2 Å². The van der Waals surface area contributed by atoms with E-state index in [1.165, 1.54) is 19.3 Å². The first kappa shape index (κ1) is 12.9. The van der Waals surface area contributed by atoms with Crippen molar-refractivity contribution in [1.82, 2.24) is 15.5 Å². The fourth-order valence-electron chi connectivity index (χ4n) is 1.93. The van der Waals surface area contributed by atoms with Gasteiger partial charge in [-0.05, 0) is 38.0 Å². The molecule has 0 aliphatic heterocycles. The van der Waals surface area contributed by atoms with Crippen molar-refractivity contribution in [3.05, 3.63) is 11.7 Å². The molecule has 1 heterocycles. The predicted octanol–water partition coefficient (Wildman–Crippen LogP) is 2.25. The fraction of sp³-hybridized carbons (Fsp3) is 0.833. The molecule has 0 radical (unpaired) electrons. The molecule has 0 aromatic carbocycles. The average molecular weight is 255 g/mol. The first-order valence-electron chi connectivity index (χ1n) is 6.40. The first-order valence-corrected chi connectivity index (χ1v) is 7.55. The normalized spacial score (nSPS) is 17.3. The second-order valence-electron chi connectivity index (χ2n) is 4.59. The lowest BCUT2D eigenvalue weighted by molar-refractivity contribution is 0.349. The van der Waals surface area contributed by atoms with E-state index in [4.69, 9.17) is 4.52 Å². The van der Waals surface area contributed by atoms with Gasteiger partial charge in [-0.3, -0.25) is 0 Å². The van der Waals surface area contributed by atoms with Crippen LogP contribution in [0.5, 0.6) is 0 Å². The summed E-state index contributed by atoms with van der Waals surface area (Å²) in [5, 5.41) is 7.36. The summed E-state index contributed by atoms with van der Waals surface area (Å²) in [6.07, 6.45) is 4.73. The summed E-state index contributed by atoms with van der Waals surface area (Å²) < 4.78 is 5.29. The molecule has 0 amide bonds. The minimum atomic E-state index is 0.506. The van der Waals surface area contributed by atoms with Crippen LogP contribution < -0.4 is 5.32 Å². The Bertz CT molecular complexity index is 338. The number of nitrogens with zero attached hydrogens (tertiary/aromatic N) is 2. The highest BCUT2D eigenvalue weighted by Crippen LogP contribution is 2.33. The van der Waals surface area contributed by atoms with Crippen LogP contribution in [0.1, 0.15) is 37.9 Å². The van der Waals surface area contributed by atoms with Crippen LogP contribution >= 0.6 is 11.8 Å². The summed E-state index contributed by atoms with van der Waals surface area (Å²) >= 11 is 1.86. The van der Waals surface area contributed by atoms with Crippen molar-refractivity contribution in [3.63, 3.8) is 0 Å². The van der Waals surface area contributed by atoms with E-state index in [9.17, 15) is 0 Å². The van der Waals surface area contributed by atoms with Crippen molar-refractivity contribution in [2.24, 2.45) is 5.92 Å². The molecule has 1 aliphatic carbocycles. The zero-order valence-corrected chi connectivity index (χ0v) is 11.4. The molecule has 1 fully saturated rings. The van der Waals surface area contributed by atoms with E-state index in [1.54, 1.807) is 0 Å². The molecule has 17 heavy (non-hydrogen) atoms. The summed E-state index contributed by atoms with van der Waals surface area (Å²) in [5.74, 6) is 4.45. The van der Waals surface area contributed by atoms with Crippen LogP contribution in [0, 0.1) is 5.92 Å². The van der Waals surface area contributed by atoms with Crippen LogP contribution in [0.25, 0.3) is 0 Å². The highest BCUT2D eigenvalue weighted by Gasteiger charge is 2.31. The highest BCUT2D eigenvalue weighted by molar-refractivity contribution is 7.98. The number of likely N-dealkylation sites (N-methyl/N-ethyl adjacent to an activating group) is 1. The van der Waals surface area contributed by atoms with Gasteiger partial charge in [-0.25, -0.2) is 0 Å². The summed E-state index contributed by atoms with van der Waals surface area (Å²) in [4.78, 5) is 4.44. The summed E-state index contributed by atoms with van der Waals surface area (Å²) in [6, 6.07) is 0.506. The molecule has 0 spiro atoms. The smallest absolute Gasteiger partial charge is 0.228 e. The van der Waals surface area contributed by atoms with Gasteiger partial charge in [0.2, 0.25) is 5.89 Å². The van der Waals surface area contributed by atoms with E-state index in [1.807, 2.05) is 18.8 Å². The minimum Gasteiger partial charge on any atom is -0.339 e. The van der Waals surface area contributed by atoms with Crippen molar-refractivity contribution in [2.75, 3.05) is 12.8 Å². The molecule has 1 N–H and O–H groups in total. The lowest BCUT2D eigenvalue weighted by Gasteiger charge is -2.11. The van der Waals surface area contributed by atoms with Crippen molar-refractivity contribution in [3.8, 4) is 0 Å². The predicted molar refractivity (Wildman–Crippen MR) is 70.0 cm³/mol. The summed E-state index contributed by atoms with van der Waals surface area (Å²) in [5.41, 5.74) is 0. The number of nitrogens with one attached hydrogen (secondary N) is 1. The number of aromatic nitrogens is 2. The molecule has 0 saturated heterocycles. The Kier molecular flexibility index (Phi) is 4.86. The molecular weight excluding hydrogens is 234 g/mol. The third-order valence-corrected chi connectivity index (χ3v) is 4.21. The Morgan fingerprint density at radius 2 is 2.35 bits per heavy atom. The lowest BCUT2D eigenvalue weighted by atomic mass is 10.1. The van der Waals surface area contributed by atoms with E-state index in [-0.39, 0.29) is 0 Å². The Labute approximate surface area is 107 Å². The van der Waals surface area contributed by atoms with Crippen molar-refractivity contribution in [2.45, 2.75) is 44.4 Å². The number of hydrogen-bond donors (Lipinski definition) is 1. The van der Waals surface area contributed by atoms with Gasteiger partial charge in [0.15, 0.2) is 5.82 Å². The third-order valence-electron chi connectivity index (χ3n) is 3.05. The maximum Gasteiger partial charge on any atom is 0.228 e. The van der Waals surface area contributed by atoms with Gasteiger partial charge >= 0.3 is 0 Å². The van der Waals surface area contributed by atoms with Gasteiger partial charge in [0.25, 0.3) is 0 Å². The second kappa shape index (κ2) is 6.40. The van der Waals surface area contributed by atoms with Gasteiger partial charge in [-0.2, -0.15) is 16.7 Å². The number of thioether (sulfide) groups is 1. The van der Waals surface area contributed by atoms with Crippen molar-refractivity contribution >= 4 is 11.8 Å². The molecular formula is C12H21N3OS. The zero-order chi connectivity index (χ0) is 12.1. The molecule has 96 valence electrons. The Morgan fingerprint density at radius 3 is 3.00 bits per heavy atom. The first-order chi connectivity index (χ1) is 8.33. The molecule has 1 aliphatic rings. The average Bonchev–Trinajstić information content (AvgIpc) is 3.08. The zero-order valence-electron chi connectivity index (χ0n) is 10.6. The molecule has 1 unspecified atom stereocenters. The number of hydrogen-bond acceptors (Lipinski definition) is 5. The minimum absolute atomic E-state index is 0.506. The SMILES string of the molecule is CCCSCc1noc(CC(NC)C2CC2)n1. The molecule has 1 aromatic rings. The monoisotopic (exact) mass is 255 g/mol. The molecule has 1 saturated carbocycles. The highest BCUT2D eigenvalue weighted by atomic mass is 32.2. The van der Waals surface area contributed by atoms with E-state index < -0.39 is 0 Å². The van der Waals surface area contributed by atoms with E-state index in [2.05, 4.69) is 22.4 Å². The summed E-state index contributed by atoms with van der Waals surface area (Å²) in [7, 11) is 2.01. The van der Waals surface area contributed by atoms with Crippen LogP contribution in [0.3, 0.4) is 0 Å². The van der Waals surface area contributed by atoms with Crippen LogP contribution in [0.15, 0.2) is 4.52 Å². The molecule has 1 atom stereocenters. The molecule has 0 bridgehead atoms. The Hall–Kier alpha value is -0.550. The van der Waals surface area contributed by atoms with Crippen LogP contribution in [0.4, 0.5) is 0 Å². The summed E-state index contributed by atoms with van der Waals surface area (Å²) in [6.45, 7) is 2.18. The van der Waals surface area contributed by atoms with E-state index >= 15 is 0 Å². The lowest BCUT2D eigenvalue weighted by Crippen LogP contribution is -2.29. The standard InChI is InChI=1S/C12H21N3OS/c1-3-6-17-8-11-14-12(16-15-11)7-10(13-2)9-4-5-9/h9-10,13H,3-8H2,1-2H3. The molecule has 5 heteroatoms. The van der Waals surface area contributed by atoms with Gasteiger partial charge in [0, 0.05) is 12.5 Å². The topological polar surface area (TPSA) is 51.0 Å². The van der Waals surface area contributed by atoms with Crippen LogP contribution in [-0.4, -0.2) is 29.0 Å². The van der Waals surface area contributed by atoms with Crippen molar-refractivity contribution in [1.29, 1.82) is 0 Å². The molecule has 2 rings (SSSR count).